The molecular formula is C13H22N2O2S. The van der Waals surface area contributed by atoms with Crippen molar-refractivity contribution >= 4 is 23.1 Å². The maximum absolute atomic E-state index is 12.3. The first kappa shape index (κ1) is 13.7. The molecule has 5 heteroatoms. The van der Waals surface area contributed by atoms with Gasteiger partial charge in [-0.3, -0.25) is 4.79 Å². The summed E-state index contributed by atoms with van der Waals surface area (Å²) in [6.07, 6.45) is 6.82. The first-order valence-electron chi connectivity index (χ1n) is 6.86. The molecule has 1 aliphatic carbocycles. The molecule has 18 heavy (non-hydrogen) atoms. The Morgan fingerprint density at radius 1 is 1.33 bits per heavy atom. The summed E-state index contributed by atoms with van der Waals surface area (Å²) in [5, 5.41) is 0. The summed E-state index contributed by atoms with van der Waals surface area (Å²) in [5.74, 6) is 0.209. The maximum atomic E-state index is 12.3. The Bertz CT molecular complexity index is 312. The highest BCUT2D eigenvalue weighted by molar-refractivity contribution is 7.80. The molecule has 1 unspecified atom stereocenters. The summed E-state index contributed by atoms with van der Waals surface area (Å²) in [5.41, 5.74) is 5.51. The molecule has 2 rings (SSSR count). The van der Waals surface area contributed by atoms with Crippen LogP contribution in [0.4, 0.5) is 0 Å². The highest BCUT2D eigenvalue weighted by Gasteiger charge is 2.33. The van der Waals surface area contributed by atoms with E-state index < -0.39 is 0 Å². The molecule has 4 nitrogen and oxygen atoms in total. The minimum Gasteiger partial charge on any atom is -0.393 e. The highest BCUT2D eigenvalue weighted by atomic mass is 32.1. The van der Waals surface area contributed by atoms with Crippen LogP contribution in [0.5, 0.6) is 0 Å². The van der Waals surface area contributed by atoms with E-state index in [0.29, 0.717) is 30.4 Å². The lowest BCUT2D eigenvalue weighted by molar-refractivity contribution is -0.135. The Labute approximate surface area is 114 Å². The van der Waals surface area contributed by atoms with Crippen LogP contribution in [0, 0.1) is 0 Å². The predicted molar refractivity (Wildman–Crippen MR) is 74.3 cm³/mol. The molecule has 1 heterocycles. The molecule has 2 N–H and O–H groups in total. The van der Waals surface area contributed by atoms with Gasteiger partial charge >= 0.3 is 0 Å². The van der Waals surface area contributed by atoms with Gasteiger partial charge in [0.05, 0.1) is 17.5 Å². The van der Waals surface area contributed by atoms with Crippen molar-refractivity contribution in [1.82, 2.24) is 4.90 Å². The van der Waals surface area contributed by atoms with Gasteiger partial charge in [-0.1, -0.05) is 12.2 Å². The number of hydrogen-bond donors (Lipinski definition) is 1. The van der Waals surface area contributed by atoms with Gasteiger partial charge in [0.1, 0.15) is 0 Å². The van der Waals surface area contributed by atoms with Crippen molar-refractivity contribution in [2.24, 2.45) is 5.73 Å². The predicted octanol–water partition coefficient (Wildman–Crippen LogP) is 1.61. The molecule has 1 saturated heterocycles. The van der Waals surface area contributed by atoms with Gasteiger partial charge in [0.2, 0.25) is 5.91 Å². The van der Waals surface area contributed by atoms with Gasteiger partial charge < -0.3 is 15.4 Å². The molecule has 0 aromatic rings. The SMILES string of the molecule is NC(=S)CCN(C(=O)CC1CCCCO1)C1CC1. The molecule has 2 aliphatic rings. The second kappa shape index (κ2) is 6.48. The van der Waals surface area contributed by atoms with Crippen molar-refractivity contribution in [2.45, 2.75) is 57.1 Å². The zero-order valence-electron chi connectivity index (χ0n) is 10.8. The molecule has 1 saturated carbocycles. The topological polar surface area (TPSA) is 55.6 Å². The fourth-order valence-electron chi connectivity index (χ4n) is 2.41. The molecule has 1 aliphatic heterocycles. The lowest BCUT2D eigenvalue weighted by Gasteiger charge is -2.27. The van der Waals surface area contributed by atoms with Crippen LogP contribution in [0.25, 0.3) is 0 Å². The molecule has 102 valence electrons. The second-order valence-corrected chi connectivity index (χ2v) is 5.75. The molecule has 0 bridgehead atoms. The zero-order chi connectivity index (χ0) is 13.0. The number of amides is 1. The Hall–Kier alpha value is -0.680. The molecule has 0 aromatic carbocycles. The van der Waals surface area contributed by atoms with Crippen LogP contribution in [0.1, 0.15) is 44.9 Å². The Morgan fingerprint density at radius 2 is 2.11 bits per heavy atom. The Kier molecular flexibility index (Phi) is 4.95. The van der Waals surface area contributed by atoms with E-state index in [0.717, 1.165) is 32.3 Å². The van der Waals surface area contributed by atoms with E-state index in [1.165, 1.54) is 6.42 Å². The average Bonchev–Trinajstić information content (AvgIpc) is 3.14. The van der Waals surface area contributed by atoms with Gasteiger partial charge in [-0.25, -0.2) is 0 Å². The van der Waals surface area contributed by atoms with Gasteiger partial charge in [0, 0.05) is 25.6 Å². The lowest BCUT2D eigenvalue weighted by Crippen LogP contribution is -2.38. The van der Waals surface area contributed by atoms with Crippen LogP contribution in [-0.2, 0) is 9.53 Å². The van der Waals surface area contributed by atoms with E-state index in [1.807, 2.05) is 4.90 Å². The molecule has 2 fully saturated rings. The normalized spacial score (nSPS) is 23.7. The Balaban J connectivity index is 1.81. The molecule has 0 radical (unpaired) electrons. The van der Waals surface area contributed by atoms with Gasteiger partial charge in [-0.15, -0.1) is 0 Å². The average molecular weight is 270 g/mol. The number of thiocarbonyl (C=S) groups is 1. The zero-order valence-corrected chi connectivity index (χ0v) is 11.6. The third-order valence-corrected chi connectivity index (χ3v) is 3.79. The minimum absolute atomic E-state index is 0.123. The van der Waals surface area contributed by atoms with Crippen molar-refractivity contribution in [3.05, 3.63) is 0 Å². The first-order chi connectivity index (χ1) is 8.66. The summed E-state index contributed by atoms with van der Waals surface area (Å²) >= 11 is 4.88. The lowest BCUT2D eigenvalue weighted by atomic mass is 10.1. The maximum Gasteiger partial charge on any atom is 0.225 e. The van der Waals surface area contributed by atoms with Gasteiger partial charge in [-0.2, -0.15) is 0 Å². The van der Waals surface area contributed by atoms with Gasteiger partial charge in [-0.05, 0) is 32.1 Å². The number of ether oxygens (including phenoxy) is 1. The van der Waals surface area contributed by atoms with Gasteiger partial charge in [0.25, 0.3) is 0 Å². The van der Waals surface area contributed by atoms with Crippen molar-refractivity contribution in [3.63, 3.8) is 0 Å². The fourth-order valence-corrected chi connectivity index (χ4v) is 2.50. The van der Waals surface area contributed by atoms with Crippen LogP contribution in [0.3, 0.4) is 0 Å². The number of carbonyl (C=O) groups excluding carboxylic acids is 1. The smallest absolute Gasteiger partial charge is 0.225 e. The third-order valence-electron chi connectivity index (χ3n) is 3.58. The van der Waals surface area contributed by atoms with Crippen molar-refractivity contribution in [1.29, 1.82) is 0 Å². The molecule has 0 spiro atoms. The number of nitrogens with zero attached hydrogens (tertiary/aromatic N) is 1. The van der Waals surface area contributed by atoms with E-state index >= 15 is 0 Å². The molecule has 1 amide bonds. The minimum atomic E-state index is 0.123. The van der Waals surface area contributed by atoms with Crippen LogP contribution >= 0.6 is 12.2 Å². The van der Waals surface area contributed by atoms with E-state index in [-0.39, 0.29) is 12.0 Å². The monoisotopic (exact) mass is 270 g/mol. The molecule has 1 atom stereocenters. The van der Waals surface area contributed by atoms with Crippen molar-refractivity contribution < 1.29 is 9.53 Å². The van der Waals surface area contributed by atoms with E-state index in [1.54, 1.807) is 0 Å². The van der Waals surface area contributed by atoms with Crippen LogP contribution in [0.15, 0.2) is 0 Å². The van der Waals surface area contributed by atoms with Crippen molar-refractivity contribution in [2.75, 3.05) is 13.2 Å². The summed E-state index contributed by atoms with van der Waals surface area (Å²) in [4.78, 5) is 14.7. The summed E-state index contributed by atoms with van der Waals surface area (Å²) < 4.78 is 5.63. The highest BCUT2D eigenvalue weighted by Crippen LogP contribution is 2.28. The number of rotatable bonds is 6. The van der Waals surface area contributed by atoms with Crippen LogP contribution < -0.4 is 5.73 Å². The third kappa shape index (κ3) is 4.21. The van der Waals surface area contributed by atoms with Gasteiger partial charge in [0.15, 0.2) is 0 Å². The first-order valence-corrected chi connectivity index (χ1v) is 7.27. The number of carbonyl (C=O) groups is 1. The molecular weight excluding hydrogens is 248 g/mol. The summed E-state index contributed by atoms with van der Waals surface area (Å²) in [7, 11) is 0. The summed E-state index contributed by atoms with van der Waals surface area (Å²) in [6.45, 7) is 1.47. The van der Waals surface area contributed by atoms with E-state index in [9.17, 15) is 4.79 Å². The number of nitrogens with two attached hydrogens (primary N) is 1. The molecule has 0 aromatic heterocycles. The number of hydrogen-bond acceptors (Lipinski definition) is 3. The van der Waals surface area contributed by atoms with Crippen molar-refractivity contribution in [3.8, 4) is 0 Å². The fraction of sp³-hybridized carbons (Fsp3) is 0.846. The Morgan fingerprint density at radius 3 is 2.67 bits per heavy atom. The van der Waals surface area contributed by atoms with Crippen LogP contribution in [-0.4, -0.2) is 41.1 Å². The second-order valence-electron chi connectivity index (χ2n) is 5.23. The van der Waals surface area contributed by atoms with Crippen LogP contribution in [0.2, 0.25) is 0 Å². The van der Waals surface area contributed by atoms with E-state index in [2.05, 4.69) is 0 Å². The van der Waals surface area contributed by atoms with E-state index in [4.69, 9.17) is 22.7 Å². The standard InChI is InChI=1S/C13H22N2O2S/c14-12(18)6-7-15(10-4-5-10)13(16)9-11-3-1-2-8-17-11/h10-11H,1-9H2,(H2,14,18). The summed E-state index contributed by atoms with van der Waals surface area (Å²) in [6, 6.07) is 0.426. The largest absolute Gasteiger partial charge is 0.393 e. The quantitative estimate of drug-likeness (QED) is 0.745.